The molecule has 0 aliphatic heterocycles. The molecule has 0 aromatic carbocycles. The molecule has 0 heterocycles. The van der Waals surface area contributed by atoms with Gasteiger partial charge in [-0.15, -0.1) is 0 Å². The second-order valence-corrected chi connectivity index (χ2v) is 5.59. The molecule has 0 spiro atoms. The van der Waals surface area contributed by atoms with Gasteiger partial charge in [0.1, 0.15) is 0 Å². The van der Waals surface area contributed by atoms with Gasteiger partial charge in [0.15, 0.2) is 0 Å². The highest BCUT2D eigenvalue weighted by atomic mass is 19.3. The second-order valence-electron chi connectivity index (χ2n) is 5.59. The molecule has 24 heavy (non-hydrogen) atoms. The molecule has 0 aromatic rings. The third-order valence-electron chi connectivity index (χ3n) is 4.71. The van der Waals surface area contributed by atoms with Crippen molar-refractivity contribution in [1.29, 1.82) is 0 Å². The highest BCUT2D eigenvalue weighted by molar-refractivity contribution is 6.24. The van der Waals surface area contributed by atoms with Crippen LogP contribution in [0.25, 0.3) is 0 Å². The van der Waals surface area contributed by atoms with Gasteiger partial charge in [-0.3, -0.25) is 9.59 Å². The van der Waals surface area contributed by atoms with Gasteiger partial charge in [-0.2, -0.15) is 35.1 Å². The Morgan fingerprint density at radius 3 is 1.04 bits per heavy atom. The Balaban J connectivity index is 2.64. The smallest absolute Gasteiger partial charge is 0.291 e. The van der Waals surface area contributed by atoms with Crippen LogP contribution in [0.15, 0.2) is 0 Å². The lowest BCUT2D eigenvalue weighted by Gasteiger charge is -2.67. The quantitative estimate of drug-likeness (QED) is 0.478. The largest absolute Gasteiger partial charge is 0.341 e. The maximum atomic E-state index is 14.0. The number of Topliss-reactive ketones (excluding diaryl/α,β-unsaturated/α-hetero) is 2. The summed E-state index contributed by atoms with van der Waals surface area (Å²) in [5, 5.41) is 0. The lowest BCUT2D eigenvalue weighted by molar-refractivity contribution is -0.480. The van der Waals surface area contributed by atoms with E-state index in [-0.39, 0.29) is 0 Å². The van der Waals surface area contributed by atoms with E-state index in [4.69, 9.17) is 0 Å². The van der Waals surface area contributed by atoms with Crippen molar-refractivity contribution in [2.45, 2.75) is 46.4 Å². The van der Waals surface area contributed by atoms with Gasteiger partial charge in [-0.05, 0) is 0 Å². The predicted molar refractivity (Wildman–Crippen MR) is 45.2 cm³/mol. The fraction of sp³-hybridized carbons (Fsp3) is 0.800. The van der Waals surface area contributed by atoms with E-state index in [2.05, 4.69) is 0 Å². The van der Waals surface area contributed by atoms with Crippen molar-refractivity contribution in [3.63, 3.8) is 0 Å². The van der Waals surface area contributed by atoms with Crippen LogP contribution in [-0.2, 0) is 9.59 Å². The lowest BCUT2D eigenvalue weighted by Crippen LogP contribution is -3.04. The van der Waals surface area contributed by atoms with Crippen molar-refractivity contribution in [2.24, 2.45) is 0 Å². The molecule has 2 nitrogen and oxygen atoms in total. The molecule has 0 N–H and O–H groups in total. The molecular formula is C10F12O2. The fourth-order valence-electron chi connectivity index (χ4n) is 3.37. The molecule has 0 amide bonds. The average molecular weight is 380 g/mol. The summed E-state index contributed by atoms with van der Waals surface area (Å²) in [5.41, 5.74) is -27.1. The maximum absolute atomic E-state index is 14.0. The van der Waals surface area contributed by atoms with E-state index in [1.165, 1.54) is 0 Å². The van der Waals surface area contributed by atoms with E-state index in [1.54, 1.807) is 0 Å². The van der Waals surface area contributed by atoms with Gasteiger partial charge in [0.05, 0.1) is 0 Å². The average Bonchev–Trinajstić information content (AvgIpc) is 2.45. The number of ketones is 2. The molecule has 4 saturated carbocycles. The number of hydrogen-bond donors (Lipinski definition) is 0. The van der Waals surface area contributed by atoms with Gasteiger partial charge < -0.3 is 0 Å². The highest BCUT2D eigenvalue weighted by Gasteiger charge is 3.16. The number of carbonyl (C=O) groups excluding carboxylic acids is 2. The molecule has 4 fully saturated rings. The summed E-state index contributed by atoms with van der Waals surface area (Å²) in [4.78, 5) is 22.4. The van der Waals surface area contributed by atoms with Crippen LogP contribution in [0.4, 0.5) is 52.7 Å². The molecule has 0 radical (unpaired) electrons. The third kappa shape index (κ3) is 0.873. The lowest BCUT2D eigenvalue weighted by atomic mass is 9.43. The summed E-state index contributed by atoms with van der Waals surface area (Å²) in [5.74, 6) is -37.1. The normalized spacial score (nSPS) is 52.7. The van der Waals surface area contributed by atoms with Crippen molar-refractivity contribution < 1.29 is 62.3 Å². The van der Waals surface area contributed by atoms with Gasteiger partial charge in [-0.1, -0.05) is 0 Å². The van der Waals surface area contributed by atoms with E-state index in [0.29, 0.717) is 0 Å². The monoisotopic (exact) mass is 380 g/mol. The van der Waals surface area contributed by atoms with Crippen molar-refractivity contribution in [3.05, 3.63) is 0 Å². The van der Waals surface area contributed by atoms with Crippen LogP contribution in [0.5, 0.6) is 0 Å². The highest BCUT2D eigenvalue weighted by Crippen LogP contribution is 2.80. The maximum Gasteiger partial charge on any atom is 0.341 e. The number of carbonyl (C=O) groups is 2. The fourth-order valence-corrected chi connectivity index (χ4v) is 3.37. The molecule has 0 aromatic heterocycles. The molecule has 0 saturated heterocycles. The Hall–Kier alpha value is -1.50. The predicted octanol–water partition coefficient (Wildman–Crippen LogP) is 2.54. The molecule has 4 bridgehead atoms. The number of halogens is 12. The molecule has 4 rings (SSSR count). The van der Waals surface area contributed by atoms with Crippen molar-refractivity contribution in [2.75, 3.05) is 0 Å². The standard InChI is InChI=1S/C10F12O2/c11-3-1(23)4(12)8(17,18)5(13,2(3)24)10(21,22)6(14,7(3,15)16)9(4,19)20/t3?,4-,5+,6?. The van der Waals surface area contributed by atoms with Crippen LogP contribution >= 0.6 is 0 Å². The first kappa shape index (κ1) is 17.3. The Morgan fingerprint density at radius 1 is 0.458 bits per heavy atom. The van der Waals surface area contributed by atoms with Gasteiger partial charge in [0.25, 0.3) is 5.67 Å². The summed E-state index contributed by atoms with van der Waals surface area (Å²) in [6.07, 6.45) is 0. The van der Waals surface area contributed by atoms with Crippen LogP contribution in [0.3, 0.4) is 0 Å². The summed E-state index contributed by atoms with van der Waals surface area (Å²) >= 11 is 0. The number of rotatable bonds is 0. The van der Waals surface area contributed by atoms with Crippen molar-refractivity contribution >= 4 is 11.6 Å². The van der Waals surface area contributed by atoms with Crippen LogP contribution < -0.4 is 0 Å². The molecule has 136 valence electrons. The Bertz CT molecular complexity index is 667. The minimum Gasteiger partial charge on any atom is -0.291 e. The molecule has 4 aliphatic carbocycles. The summed E-state index contributed by atoms with van der Waals surface area (Å²) in [6.45, 7) is 0. The van der Waals surface area contributed by atoms with Crippen LogP contribution in [-0.4, -0.2) is 57.9 Å². The Labute approximate surface area is 121 Å². The van der Waals surface area contributed by atoms with Gasteiger partial charge >= 0.3 is 40.7 Å². The van der Waals surface area contributed by atoms with Crippen LogP contribution in [0, 0.1) is 0 Å². The zero-order valence-electron chi connectivity index (χ0n) is 10.4. The van der Waals surface area contributed by atoms with Crippen LogP contribution in [0.2, 0.25) is 0 Å². The van der Waals surface area contributed by atoms with Gasteiger partial charge in [0.2, 0.25) is 11.6 Å². The third-order valence-corrected chi connectivity index (χ3v) is 4.71. The molecular weight excluding hydrogens is 380 g/mol. The Kier molecular flexibility index (Phi) is 2.37. The molecule has 4 atom stereocenters. The summed E-state index contributed by atoms with van der Waals surface area (Å²) in [7, 11) is 0. The molecule has 14 heteroatoms. The zero-order chi connectivity index (χ0) is 19.2. The topological polar surface area (TPSA) is 34.1 Å². The van der Waals surface area contributed by atoms with E-state index < -0.39 is 57.9 Å². The zero-order valence-corrected chi connectivity index (χ0v) is 10.4. The van der Waals surface area contributed by atoms with E-state index in [0.717, 1.165) is 0 Å². The van der Waals surface area contributed by atoms with Crippen molar-refractivity contribution in [1.82, 2.24) is 0 Å². The van der Waals surface area contributed by atoms with E-state index >= 15 is 0 Å². The first-order valence-electron chi connectivity index (χ1n) is 5.68. The van der Waals surface area contributed by atoms with Crippen LogP contribution in [0.1, 0.15) is 0 Å². The minimum absolute atomic E-state index is 4.22. The first-order chi connectivity index (χ1) is 10.3. The summed E-state index contributed by atoms with van der Waals surface area (Å²) in [6, 6.07) is 0. The Morgan fingerprint density at radius 2 is 0.750 bits per heavy atom. The number of alkyl halides is 12. The molecule has 4 aliphatic rings. The number of hydrogen-bond acceptors (Lipinski definition) is 2. The van der Waals surface area contributed by atoms with Crippen molar-refractivity contribution in [3.8, 4) is 0 Å². The minimum atomic E-state index is -7.28. The summed E-state index contributed by atoms with van der Waals surface area (Å²) < 4.78 is 165. The van der Waals surface area contributed by atoms with Gasteiger partial charge in [-0.25, -0.2) is 17.6 Å². The van der Waals surface area contributed by atoms with E-state index in [1.807, 2.05) is 0 Å². The van der Waals surface area contributed by atoms with E-state index in [9.17, 15) is 62.3 Å². The van der Waals surface area contributed by atoms with Gasteiger partial charge in [0, 0.05) is 0 Å². The molecule has 2 unspecified atom stereocenters. The SMILES string of the molecule is O=C1C2(F)C(=O)[C@]3(F)C(F)(F)C(F)(C2(F)F)C(F)(F)[C@@]1(F)C3(F)F. The first-order valence-corrected chi connectivity index (χ1v) is 5.68. The second kappa shape index (κ2) is 3.28.